The summed E-state index contributed by atoms with van der Waals surface area (Å²) in [5, 5.41) is 0. The molecule has 1 rings (SSSR count). The van der Waals surface area contributed by atoms with Gasteiger partial charge in [-0.2, -0.15) is 8.42 Å². The van der Waals surface area contributed by atoms with Crippen molar-refractivity contribution in [3.8, 4) is 5.75 Å². The minimum absolute atomic E-state index is 0.169. The molecule has 88 valence electrons. The Balaban J connectivity index is 2.40. The summed E-state index contributed by atoms with van der Waals surface area (Å²) in [6.07, 6.45) is 0.898. The average molecular weight is 244 g/mol. The molecule has 0 amide bonds. The fourth-order valence-electron chi connectivity index (χ4n) is 1.11. The first-order valence-corrected chi connectivity index (χ1v) is 6.25. The second-order valence-electron chi connectivity index (χ2n) is 3.18. The third-order valence-corrected chi connectivity index (χ3v) is 2.61. The summed E-state index contributed by atoms with van der Waals surface area (Å²) in [4.78, 5) is 10.5. The van der Waals surface area contributed by atoms with Crippen molar-refractivity contribution in [2.24, 2.45) is 0 Å². The van der Waals surface area contributed by atoms with Crippen molar-refractivity contribution in [1.82, 2.24) is 0 Å². The Kier molecular flexibility index (Phi) is 4.45. The van der Waals surface area contributed by atoms with Crippen LogP contribution in [0, 0.1) is 0 Å². The van der Waals surface area contributed by atoms with Crippen LogP contribution in [0.25, 0.3) is 0 Å². The number of aldehydes is 1. The molecule has 1 aromatic rings. The van der Waals surface area contributed by atoms with Gasteiger partial charge >= 0.3 is 0 Å². The molecule has 0 bridgehead atoms. The zero-order valence-electron chi connectivity index (χ0n) is 8.50. The van der Waals surface area contributed by atoms with Gasteiger partial charge in [-0.05, 0) is 18.6 Å². The molecular weight excluding hydrogens is 232 g/mol. The summed E-state index contributed by atoms with van der Waals surface area (Å²) in [5.74, 6) is 0.167. The molecule has 0 aliphatic carbocycles. The van der Waals surface area contributed by atoms with Crippen molar-refractivity contribution in [1.29, 1.82) is 0 Å². The first-order valence-electron chi connectivity index (χ1n) is 4.64. The molecule has 0 atom stereocenters. The van der Waals surface area contributed by atoms with Crippen molar-refractivity contribution in [2.45, 2.75) is 6.42 Å². The molecule has 0 saturated heterocycles. The SMILES string of the molecule is O=Cc1cccc(OCCCS(=O)(=O)O)c1. The molecule has 0 aliphatic heterocycles. The van der Waals surface area contributed by atoms with Gasteiger partial charge in [0.25, 0.3) is 10.1 Å². The summed E-state index contributed by atoms with van der Waals surface area (Å²) in [6.45, 7) is 0.169. The quantitative estimate of drug-likeness (QED) is 0.461. The van der Waals surface area contributed by atoms with Crippen LogP contribution in [-0.4, -0.2) is 31.6 Å². The molecule has 0 spiro atoms. The predicted octanol–water partition coefficient (Wildman–Crippen LogP) is 1.16. The highest BCUT2D eigenvalue weighted by Crippen LogP contribution is 2.12. The Morgan fingerprint density at radius 1 is 1.38 bits per heavy atom. The van der Waals surface area contributed by atoms with E-state index in [9.17, 15) is 13.2 Å². The zero-order chi connectivity index (χ0) is 12.0. The molecule has 0 saturated carbocycles. The average Bonchev–Trinajstić information content (AvgIpc) is 2.23. The molecule has 0 aliphatic rings. The fraction of sp³-hybridized carbons (Fsp3) is 0.300. The van der Waals surface area contributed by atoms with Crippen molar-refractivity contribution >= 4 is 16.4 Å². The van der Waals surface area contributed by atoms with E-state index in [2.05, 4.69) is 0 Å². The molecular formula is C10H12O5S. The molecule has 0 fully saturated rings. The fourth-order valence-corrected chi connectivity index (χ4v) is 1.59. The van der Waals surface area contributed by atoms with Crippen LogP contribution in [0.15, 0.2) is 24.3 Å². The van der Waals surface area contributed by atoms with Gasteiger partial charge in [-0.3, -0.25) is 9.35 Å². The molecule has 0 aromatic heterocycles. The number of rotatable bonds is 6. The normalized spacial score (nSPS) is 11.1. The largest absolute Gasteiger partial charge is 0.494 e. The van der Waals surface area contributed by atoms with Crippen LogP contribution in [0.3, 0.4) is 0 Å². The summed E-state index contributed by atoms with van der Waals surface area (Å²) in [7, 11) is -3.93. The monoisotopic (exact) mass is 244 g/mol. The van der Waals surface area contributed by atoms with Crippen LogP contribution in [0.4, 0.5) is 0 Å². The highest BCUT2D eigenvalue weighted by atomic mass is 32.2. The van der Waals surface area contributed by atoms with Gasteiger partial charge in [-0.15, -0.1) is 0 Å². The van der Waals surface area contributed by atoms with E-state index < -0.39 is 10.1 Å². The molecule has 0 unspecified atom stereocenters. The van der Waals surface area contributed by atoms with Crippen LogP contribution in [0.2, 0.25) is 0 Å². The number of carbonyl (C=O) groups is 1. The minimum Gasteiger partial charge on any atom is -0.494 e. The third-order valence-electron chi connectivity index (χ3n) is 1.81. The maximum Gasteiger partial charge on any atom is 0.264 e. The second kappa shape index (κ2) is 5.62. The molecule has 1 N–H and O–H groups in total. The first kappa shape index (κ1) is 12.7. The second-order valence-corrected chi connectivity index (χ2v) is 4.75. The van der Waals surface area contributed by atoms with Crippen LogP contribution in [-0.2, 0) is 10.1 Å². The van der Waals surface area contributed by atoms with E-state index in [-0.39, 0.29) is 18.8 Å². The number of hydrogen-bond acceptors (Lipinski definition) is 4. The summed E-state index contributed by atoms with van der Waals surface area (Å²) in [6, 6.07) is 6.53. The lowest BCUT2D eigenvalue weighted by molar-refractivity contribution is 0.112. The molecule has 0 radical (unpaired) electrons. The molecule has 6 heteroatoms. The van der Waals surface area contributed by atoms with Crippen LogP contribution < -0.4 is 4.74 Å². The van der Waals surface area contributed by atoms with Crippen LogP contribution in [0.5, 0.6) is 5.75 Å². The summed E-state index contributed by atoms with van der Waals surface area (Å²) >= 11 is 0. The van der Waals surface area contributed by atoms with Gasteiger partial charge in [0.1, 0.15) is 12.0 Å². The molecule has 0 heterocycles. The van der Waals surface area contributed by atoms with E-state index in [0.29, 0.717) is 17.6 Å². The number of carbonyl (C=O) groups excluding carboxylic acids is 1. The van der Waals surface area contributed by atoms with Gasteiger partial charge in [0.05, 0.1) is 12.4 Å². The van der Waals surface area contributed by atoms with E-state index in [4.69, 9.17) is 9.29 Å². The minimum atomic E-state index is -3.93. The smallest absolute Gasteiger partial charge is 0.264 e. The standard InChI is InChI=1S/C10H12O5S/c11-8-9-3-1-4-10(7-9)15-5-2-6-16(12,13)14/h1,3-4,7-8H,2,5-6H2,(H,12,13,14). The Labute approximate surface area is 93.8 Å². The van der Waals surface area contributed by atoms with Crippen LogP contribution >= 0.6 is 0 Å². The predicted molar refractivity (Wildman–Crippen MR) is 58.4 cm³/mol. The van der Waals surface area contributed by atoms with Gasteiger partial charge in [-0.25, -0.2) is 0 Å². The van der Waals surface area contributed by atoms with E-state index in [1.165, 1.54) is 0 Å². The number of benzene rings is 1. The van der Waals surface area contributed by atoms with Crippen molar-refractivity contribution in [3.05, 3.63) is 29.8 Å². The lowest BCUT2D eigenvalue weighted by Crippen LogP contribution is -2.08. The lowest BCUT2D eigenvalue weighted by atomic mass is 10.2. The Bertz CT molecular complexity index is 452. The lowest BCUT2D eigenvalue weighted by Gasteiger charge is -2.05. The Hall–Kier alpha value is -1.40. The molecule has 5 nitrogen and oxygen atoms in total. The maximum absolute atomic E-state index is 10.5. The van der Waals surface area contributed by atoms with E-state index >= 15 is 0 Å². The van der Waals surface area contributed by atoms with E-state index in [1.807, 2.05) is 0 Å². The summed E-state index contributed by atoms with van der Waals surface area (Å²) in [5.41, 5.74) is 0.493. The maximum atomic E-state index is 10.5. The van der Waals surface area contributed by atoms with Gasteiger partial charge in [0, 0.05) is 5.56 Å². The Morgan fingerprint density at radius 2 is 2.12 bits per heavy atom. The Morgan fingerprint density at radius 3 is 2.75 bits per heavy atom. The van der Waals surface area contributed by atoms with Gasteiger partial charge in [0.15, 0.2) is 0 Å². The highest BCUT2D eigenvalue weighted by Gasteiger charge is 2.03. The molecule has 16 heavy (non-hydrogen) atoms. The van der Waals surface area contributed by atoms with Crippen molar-refractivity contribution in [3.63, 3.8) is 0 Å². The van der Waals surface area contributed by atoms with E-state index in [0.717, 1.165) is 0 Å². The highest BCUT2D eigenvalue weighted by molar-refractivity contribution is 7.85. The number of hydrogen-bond donors (Lipinski definition) is 1. The van der Waals surface area contributed by atoms with Crippen molar-refractivity contribution < 1.29 is 22.5 Å². The van der Waals surface area contributed by atoms with E-state index in [1.54, 1.807) is 24.3 Å². The van der Waals surface area contributed by atoms with Gasteiger partial charge in [0.2, 0.25) is 0 Å². The van der Waals surface area contributed by atoms with Crippen molar-refractivity contribution in [2.75, 3.05) is 12.4 Å². The van der Waals surface area contributed by atoms with Gasteiger partial charge in [-0.1, -0.05) is 12.1 Å². The zero-order valence-corrected chi connectivity index (χ0v) is 9.31. The van der Waals surface area contributed by atoms with Gasteiger partial charge < -0.3 is 4.74 Å². The summed E-state index contributed by atoms with van der Waals surface area (Å²) < 4.78 is 34.5. The topological polar surface area (TPSA) is 80.7 Å². The third kappa shape index (κ3) is 4.90. The first-order chi connectivity index (χ1) is 7.51. The number of ether oxygens (including phenoxy) is 1. The molecule has 1 aromatic carbocycles. The van der Waals surface area contributed by atoms with Crippen LogP contribution in [0.1, 0.15) is 16.8 Å².